The quantitative estimate of drug-likeness (QED) is 0.835. The van der Waals surface area contributed by atoms with Crippen molar-refractivity contribution in [3.05, 3.63) is 58.6 Å². The van der Waals surface area contributed by atoms with E-state index in [0.717, 1.165) is 27.4 Å². The number of hydrogen-bond acceptors (Lipinski definition) is 4. The monoisotopic (exact) mass is 372 g/mol. The van der Waals surface area contributed by atoms with Crippen LogP contribution in [-0.2, 0) is 4.84 Å². The van der Waals surface area contributed by atoms with E-state index in [-0.39, 0.29) is 18.6 Å². The summed E-state index contributed by atoms with van der Waals surface area (Å²) < 4.78 is 0. The smallest absolute Gasteiger partial charge is 0.254 e. The molecule has 26 heavy (non-hydrogen) atoms. The molecule has 1 heterocycles. The molecular formula is C20H21ClN2O3. The summed E-state index contributed by atoms with van der Waals surface area (Å²) in [7, 11) is 1.47. The topological polar surface area (TPSA) is 62.1 Å². The second-order valence-corrected chi connectivity index (χ2v) is 6.71. The highest BCUT2D eigenvalue weighted by Gasteiger charge is 2.33. The van der Waals surface area contributed by atoms with Gasteiger partial charge in [-0.1, -0.05) is 41.0 Å². The Morgan fingerprint density at radius 2 is 2.04 bits per heavy atom. The van der Waals surface area contributed by atoms with Gasteiger partial charge in [0.1, 0.15) is 7.11 Å². The van der Waals surface area contributed by atoms with Crippen LogP contribution in [0.25, 0.3) is 11.1 Å². The van der Waals surface area contributed by atoms with Gasteiger partial charge in [0.2, 0.25) is 0 Å². The number of rotatable bonds is 4. The average Bonchev–Trinajstić information content (AvgIpc) is 3.07. The first-order chi connectivity index (χ1) is 12.5. The molecule has 0 aromatic heterocycles. The highest BCUT2D eigenvalue weighted by molar-refractivity contribution is 6.31. The van der Waals surface area contributed by atoms with Gasteiger partial charge in [0.15, 0.2) is 0 Å². The average molecular weight is 373 g/mol. The van der Waals surface area contributed by atoms with Crippen molar-refractivity contribution in [2.24, 2.45) is 5.16 Å². The molecule has 6 heteroatoms. The molecule has 2 aromatic rings. The van der Waals surface area contributed by atoms with Crippen LogP contribution in [0.15, 0.2) is 47.6 Å². The van der Waals surface area contributed by atoms with Crippen LogP contribution in [0, 0.1) is 6.92 Å². The zero-order valence-electron chi connectivity index (χ0n) is 14.8. The number of amides is 1. The lowest BCUT2D eigenvalue weighted by molar-refractivity contribution is 0.0680. The van der Waals surface area contributed by atoms with E-state index in [4.69, 9.17) is 16.4 Å². The third-order valence-electron chi connectivity index (χ3n) is 4.67. The predicted octanol–water partition coefficient (Wildman–Crippen LogP) is 3.52. The maximum atomic E-state index is 12.8. The van der Waals surface area contributed by atoms with Gasteiger partial charge in [-0.3, -0.25) is 4.79 Å². The van der Waals surface area contributed by atoms with Gasteiger partial charge < -0.3 is 14.8 Å². The summed E-state index contributed by atoms with van der Waals surface area (Å²) in [4.78, 5) is 19.3. The number of halogens is 1. The van der Waals surface area contributed by atoms with Gasteiger partial charge in [0.25, 0.3) is 5.91 Å². The lowest BCUT2D eigenvalue weighted by atomic mass is 9.99. The first-order valence-corrected chi connectivity index (χ1v) is 8.79. The summed E-state index contributed by atoms with van der Waals surface area (Å²) in [6, 6.07) is 13.0. The van der Waals surface area contributed by atoms with E-state index in [1.54, 1.807) is 17.0 Å². The minimum absolute atomic E-state index is 0.103. The van der Waals surface area contributed by atoms with Crippen molar-refractivity contribution in [2.75, 3.05) is 20.3 Å². The zero-order chi connectivity index (χ0) is 18.7. The molecule has 1 fully saturated rings. The molecule has 0 bridgehead atoms. The summed E-state index contributed by atoms with van der Waals surface area (Å²) in [6.07, 6.45) is 0.524. The fourth-order valence-electron chi connectivity index (χ4n) is 3.25. The SMILES string of the molecule is CO/N=C1/C[C@@H](CO)N(C(=O)c2ccc(-c3cccc(Cl)c3C)cc2)C1. The molecule has 136 valence electrons. The fraction of sp³-hybridized carbons (Fsp3) is 0.300. The van der Waals surface area contributed by atoms with E-state index in [1.807, 2.05) is 37.3 Å². The van der Waals surface area contributed by atoms with Crippen LogP contribution in [0.1, 0.15) is 22.3 Å². The first-order valence-electron chi connectivity index (χ1n) is 8.41. The van der Waals surface area contributed by atoms with E-state index < -0.39 is 0 Å². The van der Waals surface area contributed by atoms with Gasteiger partial charge in [-0.05, 0) is 41.8 Å². The van der Waals surface area contributed by atoms with E-state index >= 15 is 0 Å². The van der Waals surface area contributed by atoms with E-state index in [1.165, 1.54) is 7.11 Å². The van der Waals surface area contributed by atoms with Crippen molar-refractivity contribution in [3.63, 3.8) is 0 Å². The van der Waals surface area contributed by atoms with Crippen LogP contribution < -0.4 is 0 Å². The minimum atomic E-state index is -0.272. The number of aliphatic hydroxyl groups is 1. The molecule has 2 aromatic carbocycles. The van der Waals surface area contributed by atoms with Crippen LogP contribution in [0.3, 0.4) is 0 Å². The molecule has 1 N–H and O–H groups in total. The highest BCUT2D eigenvalue weighted by atomic mass is 35.5. The molecule has 3 rings (SSSR count). The lowest BCUT2D eigenvalue weighted by Crippen LogP contribution is -2.37. The van der Waals surface area contributed by atoms with E-state index in [0.29, 0.717) is 18.5 Å². The Bertz CT molecular complexity index is 833. The highest BCUT2D eigenvalue weighted by Crippen LogP contribution is 2.29. The van der Waals surface area contributed by atoms with Crippen molar-refractivity contribution in [1.82, 2.24) is 4.90 Å². The van der Waals surface area contributed by atoms with Crippen LogP contribution in [0.5, 0.6) is 0 Å². The van der Waals surface area contributed by atoms with Crippen molar-refractivity contribution in [3.8, 4) is 11.1 Å². The third kappa shape index (κ3) is 3.59. The van der Waals surface area contributed by atoms with Crippen LogP contribution in [0.4, 0.5) is 0 Å². The summed E-state index contributed by atoms with van der Waals surface area (Å²) in [5.41, 5.74) is 4.38. The van der Waals surface area contributed by atoms with Gasteiger partial charge in [-0.25, -0.2) is 0 Å². The van der Waals surface area contributed by atoms with Crippen LogP contribution in [0.2, 0.25) is 5.02 Å². The summed E-state index contributed by atoms with van der Waals surface area (Å²) >= 11 is 6.20. The molecule has 1 amide bonds. The first kappa shape index (κ1) is 18.4. The second kappa shape index (κ2) is 7.89. The van der Waals surface area contributed by atoms with E-state index in [2.05, 4.69) is 5.16 Å². The molecule has 1 aliphatic rings. The maximum Gasteiger partial charge on any atom is 0.254 e. The van der Waals surface area contributed by atoms with Crippen LogP contribution in [-0.4, -0.2) is 47.9 Å². The molecule has 0 radical (unpaired) electrons. The van der Waals surface area contributed by atoms with Gasteiger partial charge in [-0.2, -0.15) is 0 Å². The van der Waals surface area contributed by atoms with Gasteiger partial charge in [0, 0.05) is 17.0 Å². The summed E-state index contributed by atoms with van der Waals surface area (Å²) in [6.45, 7) is 2.24. The predicted molar refractivity (Wildman–Crippen MR) is 103 cm³/mol. The maximum absolute atomic E-state index is 12.8. The Hall–Kier alpha value is -2.37. The number of carbonyl (C=O) groups is 1. The molecule has 0 saturated carbocycles. The normalized spacial score (nSPS) is 18.4. The molecule has 1 saturated heterocycles. The van der Waals surface area contributed by atoms with Crippen LogP contribution >= 0.6 is 11.6 Å². The Morgan fingerprint density at radius 3 is 2.69 bits per heavy atom. The van der Waals surface area contributed by atoms with Crippen molar-refractivity contribution < 1.29 is 14.7 Å². The fourth-order valence-corrected chi connectivity index (χ4v) is 3.42. The molecule has 0 spiro atoms. The second-order valence-electron chi connectivity index (χ2n) is 6.30. The molecule has 1 aliphatic heterocycles. The van der Waals surface area contributed by atoms with Crippen molar-refractivity contribution >= 4 is 23.2 Å². The molecular weight excluding hydrogens is 352 g/mol. The Kier molecular flexibility index (Phi) is 5.59. The number of nitrogens with zero attached hydrogens (tertiary/aromatic N) is 2. The Morgan fingerprint density at radius 1 is 1.31 bits per heavy atom. The Balaban J connectivity index is 1.83. The van der Waals surface area contributed by atoms with Gasteiger partial charge >= 0.3 is 0 Å². The standard InChI is InChI=1S/C20H21ClN2O3/c1-13-18(4-3-5-19(13)21)14-6-8-15(9-7-14)20(25)23-11-16(22-26-2)10-17(23)12-24/h3-9,17,24H,10-12H2,1-2H3/b22-16-/t17-/m0/s1. The zero-order valence-corrected chi connectivity index (χ0v) is 15.5. The third-order valence-corrected chi connectivity index (χ3v) is 5.08. The summed E-state index contributed by atoms with van der Waals surface area (Å²) in [5, 5.41) is 14.2. The minimum Gasteiger partial charge on any atom is -0.399 e. The molecule has 1 atom stereocenters. The number of benzene rings is 2. The number of hydrogen-bond donors (Lipinski definition) is 1. The Labute approximate surface area is 157 Å². The number of aliphatic hydroxyl groups excluding tert-OH is 1. The molecule has 0 aliphatic carbocycles. The number of likely N-dealkylation sites (tertiary alicyclic amines) is 1. The number of oxime groups is 1. The van der Waals surface area contributed by atoms with Crippen molar-refractivity contribution in [1.29, 1.82) is 0 Å². The number of carbonyl (C=O) groups excluding carboxylic acids is 1. The lowest BCUT2D eigenvalue weighted by Gasteiger charge is -2.22. The van der Waals surface area contributed by atoms with E-state index in [9.17, 15) is 9.90 Å². The molecule has 5 nitrogen and oxygen atoms in total. The summed E-state index contributed by atoms with van der Waals surface area (Å²) in [5.74, 6) is -0.125. The van der Waals surface area contributed by atoms with Gasteiger partial charge in [-0.15, -0.1) is 0 Å². The largest absolute Gasteiger partial charge is 0.399 e. The van der Waals surface area contributed by atoms with Crippen molar-refractivity contribution in [2.45, 2.75) is 19.4 Å². The molecule has 0 unspecified atom stereocenters. The van der Waals surface area contributed by atoms with Gasteiger partial charge in [0.05, 0.1) is 24.9 Å².